The van der Waals surface area contributed by atoms with Crippen LogP contribution in [-0.4, -0.2) is 35.8 Å². The quantitative estimate of drug-likeness (QED) is 0.832. The molecule has 2 amide bonds. The molecular formula is C16H22F3N3O2. The van der Waals surface area contributed by atoms with Gasteiger partial charge < -0.3 is 16.0 Å². The zero-order valence-electron chi connectivity index (χ0n) is 13.9. The monoisotopic (exact) mass is 345 g/mol. The van der Waals surface area contributed by atoms with Gasteiger partial charge >= 0.3 is 6.18 Å². The average Bonchev–Trinajstić information content (AvgIpc) is 2.50. The molecule has 0 saturated carbocycles. The Balaban J connectivity index is 2.84. The van der Waals surface area contributed by atoms with Crippen LogP contribution in [0.25, 0.3) is 0 Å². The van der Waals surface area contributed by atoms with E-state index in [1.165, 1.54) is 23.1 Å². The summed E-state index contributed by atoms with van der Waals surface area (Å²) in [6.45, 7) is 5.09. The third-order valence-electron chi connectivity index (χ3n) is 3.54. The molecule has 0 aliphatic carbocycles. The molecule has 134 valence electrons. The Kier molecular flexibility index (Phi) is 6.77. The summed E-state index contributed by atoms with van der Waals surface area (Å²) in [6, 6.07) is 3.91. The van der Waals surface area contributed by atoms with Crippen molar-refractivity contribution in [1.29, 1.82) is 0 Å². The van der Waals surface area contributed by atoms with Crippen LogP contribution in [0.15, 0.2) is 24.3 Å². The third kappa shape index (κ3) is 5.23. The zero-order valence-corrected chi connectivity index (χ0v) is 13.9. The number of benzene rings is 1. The molecule has 0 fully saturated rings. The van der Waals surface area contributed by atoms with Crippen LogP contribution in [0.3, 0.4) is 0 Å². The number of carbonyl (C=O) groups excluding carboxylic acids is 2. The zero-order chi connectivity index (χ0) is 18.5. The Morgan fingerprint density at radius 1 is 1.25 bits per heavy atom. The number of alkyl halides is 3. The van der Waals surface area contributed by atoms with E-state index >= 15 is 0 Å². The minimum absolute atomic E-state index is 0.111. The molecule has 1 aromatic rings. The van der Waals surface area contributed by atoms with Gasteiger partial charge in [0.1, 0.15) is 0 Å². The molecule has 0 aliphatic rings. The molecular weight excluding hydrogens is 323 g/mol. The van der Waals surface area contributed by atoms with E-state index in [2.05, 4.69) is 5.32 Å². The minimum Gasteiger partial charge on any atom is -0.332 e. The SMILES string of the molecule is CCN(CC(=O)Nc1ccccc1C(F)(F)F)C(=O)C(N)C(C)C. The van der Waals surface area contributed by atoms with Crippen molar-refractivity contribution in [1.82, 2.24) is 4.90 Å². The van der Waals surface area contributed by atoms with Gasteiger partial charge in [-0.3, -0.25) is 9.59 Å². The number of amides is 2. The van der Waals surface area contributed by atoms with Gasteiger partial charge in [-0.2, -0.15) is 13.2 Å². The van der Waals surface area contributed by atoms with Crippen molar-refractivity contribution in [2.45, 2.75) is 33.0 Å². The molecule has 1 aromatic carbocycles. The fourth-order valence-corrected chi connectivity index (χ4v) is 2.04. The highest BCUT2D eigenvalue weighted by molar-refractivity contribution is 5.95. The Hall–Kier alpha value is -2.09. The molecule has 0 radical (unpaired) electrons. The molecule has 0 bridgehead atoms. The number of hydrogen-bond acceptors (Lipinski definition) is 3. The first-order chi connectivity index (χ1) is 11.1. The van der Waals surface area contributed by atoms with Gasteiger partial charge in [-0.25, -0.2) is 0 Å². The number of likely N-dealkylation sites (N-methyl/N-ethyl adjacent to an activating group) is 1. The van der Waals surface area contributed by atoms with Crippen LogP contribution in [0.1, 0.15) is 26.3 Å². The van der Waals surface area contributed by atoms with Crippen molar-refractivity contribution in [2.24, 2.45) is 11.7 Å². The lowest BCUT2D eigenvalue weighted by molar-refractivity contribution is -0.138. The molecule has 0 aromatic heterocycles. The maximum atomic E-state index is 12.9. The molecule has 1 atom stereocenters. The van der Waals surface area contributed by atoms with Crippen molar-refractivity contribution in [3.05, 3.63) is 29.8 Å². The predicted molar refractivity (Wildman–Crippen MR) is 85.1 cm³/mol. The second-order valence-corrected chi connectivity index (χ2v) is 5.71. The first-order valence-electron chi connectivity index (χ1n) is 7.58. The molecule has 0 heterocycles. The van der Waals surface area contributed by atoms with E-state index in [-0.39, 0.29) is 24.7 Å². The highest BCUT2D eigenvalue weighted by Crippen LogP contribution is 2.34. The average molecular weight is 345 g/mol. The van der Waals surface area contributed by atoms with E-state index in [4.69, 9.17) is 5.73 Å². The third-order valence-corrected chi connectivity index (χ3v) is 3.54. The fraction of sp³-hybridized carbons (Fsp3) is 0.500. The second kappa shape index (κ2) is 8.14. The number of hydrogen-bond donors (Lipinski definition) is 2. The number of nitrogens with two attached hydrogens (primary N) is 1. The molecule has 0 saturated heterocycles. The molecule has 1 unspecified atom stereocenters. The van der Waals surface area contributed by atoms with Gasteiger partial charge in [-0.1, -0.05) is 26.0 Å². The number of anilines is 1. The number of carbonyl (C=O) groups is 2. The maximum Gasteiger partial charge on any atom is 0.418 e. The molecule has 0 aliphatic heterocycles. The molecule has 1 rings (SSSR count). The number of rotatable bonds is 6. The first-order valence-corrected chi connectivity index (χ1v) is 7.58. The number of nitrogens with one attached hydrogen (secondary N) is 1. The van der Waals surface area contributed by atoms with E-state index in [0.717, 1.165) is 6.07 Å². The van der Waals surface area contributed by atoms with Gasteiger partial charge in [-0.05, 0) is 25.0 Å². The van der Waals surface area contributed by atoms with Gasteiger partial charge in [0, 0.05) is 6.54 Å². The highest BCUT2D eigenvalue weighted by Gasteiger charge is 2.33. The Morgan fingerprint density at radius 2 is 1.83 bits per heavy atom. The maximum absolute atomic E-state index is 12.9. The van der Waals surface area contributed by atoms with E-state index < -0.39 is 29.6 Å². The highest BCUT2D eigenvalue weighted by atomic mass is 19.4. The van der Waals surface area contributed by atoms with Crippen LogP contribution >= 0.6 is 0 Å². The second-order valence-electron chi connectivity index (χ2n) is 5.71. The molecule has 24 heavy (non-hydrogen) atoms. The van der Waals surface area contributed by atoms with Crippen LogP contribution in [0.4, 0.5) is 18.9 Å². The van der Waals surface area contributed by atoms with E-state index in [0.29, 0.717) is 0 Å². The van der Waals surface area contributed by atoms with E-state index in [9.17, 15) is 22.8 Å². The summed E-state index contributed by atoms with van der Waals surface area (Å²) >= 11 is 0. The van der Waals surface area contributed by atoms with Crippen LogP contribution in [0, 0.1) is 5.92 Å². The summed E-state index contributed by atoms with van der Waals surface area (Å²) in [6.07, 6.45) is -4.58. The summed E-state index contributed by atoms with van der Waals surface area (Å²) in [4.78, 5) is 25.4. The van der Waals surface area contributed by atoms with Crippen molar-refractivity contribution >= 4 is 17.5 Å². The van der Waals surface area contributed by atoms with E-state index in [1.54, 1.807) is 20.8 Å². The summed E-state index contributed by atoms with van der Waals surface area (Å²) in [5.41, 5.74) is 4.49. The topological polar surface area (TPSA) is 75.4 Å². The number of nitrogens with zero attached hydrogens (tertiary/aromatic N) is 1. The normalized spacial score (nSPS) is 12.8. The fourth-order valence-electron chi connectivity index (χ4n) is 2.04. The smallest absolute Gasteiger partial charge is 0.332 e. The Morgan fingerprint density at radius 3 is 2.33 bits per heavy atom. The molecule has 0 spiro atoms. The van der Waals surface area contributed by atoms with Crippen LogP contribution in [-0.2, 0) is 15.8 Å². The molecule has 8 heteroatoms. The van der Waals surface area contributed by atoms with Crippen molar-refractivity contribution in [3.8, 4) is 0 Å². The van der Waals surface area contributed by atoms with Crippen LogP contribution in [0.2, 0.25) is 0 Å². The first kappa shape index (κ1) is 20.0. The van der Waals surface area contributed by atoms with Gasteiger partial charge in [0.15, 0.2) is 0 Å². The van der Waals surface area contributed by atoms with Crippen LogP contribution in [0.5, 0.6) is 0 Å². The van der Waals surface area contributed by atoms with Gasteiger partial charge in [-0.15, -0.1) is 0 Å². The Bertz CT molecular complexity index is 588. The predicted octanol–water partition coefficient (Wildman–Crippen LogP) is 2.48. The van der Waals surface area contributed by atoms with Crippen molar-refractivity contribution in [2.75, 3.05) is 18.4 Å². The van der Waals surface area contributed by atoms with Crippen molar-refractivity contribution in [3.63, 3.8) is 0 Å². The lowest BCUT2D eigenvalue weighted by Gasteiger charge is -2.25. The number of para-hydroxylation sites is 1. The molecule has 3 N–H and O–H groups in total. The largest absolute Gasteiger partial charge is 0.418 e. The number of halogens is 3. The van der Waals surface area contributed by atoms with Crippen LogP contribution < -0.4 is 11.1 Å². The summed E-state index contributed by atoms with van der Waals surface area (Å²) in [5.74, 6) is -1.23. The summed E-state index contributed by atoms with van der Waals surface area (Å²) in [7, 11) is 0. The summed E-state index contributed by atoms with van der Waals surface area (Å²) in [5, 5.41) is 2.21. The minimum atomic E-state index is -4.58. The Labute approximate surface area is 139 Å². The van der Waals surface area contributed by atoms with Gasteiger partial charge in [0.05, 0.1) is 23.8 Å². The van der Waals surface area contributed by atoms with Gasteiger partial charge in [0.25, 0.3) is 0 Å². The lowest BCUT2D eigenvalue weighted by atomic mass is 10.0. The molecule has 5 nitrogen and oxygen atoms in total. The van der Waals surface area contributed by atoms with E-state index in [1.807, 2.05) is 0 Å². The van der Waals surface area contributed by atoms with Crippen molar-refractivity contribution < 1.29 is 22.8 Å². The standard InChI is InChI=1S/C16H22F3N3O2/c1-4-22(15(24)14(20)10(2)3)9-13(23)21-12-8-6-5-7-11(12)16(17,18)19/h5-8,10,14H,4,9,20H2,1-3H3,(H,21,23). The lowest BCUT2D eigenvalue weighted by Crippen LogP contribution is -2.48. The summed E-state index contributed by atoms with van der Waals surface area (Å²) < 4.78 is 38.8. The van der Waals surface area contributed by atoms with Gasteiger partial charge in [0.2, 0.25) is 11.8 Å².